The first-order valence-corrected chi connectivity index (χ1v) is 27.7. The number of nitrogens with zero attached hydrogens (tertiary/aromatic N) is 9. The number of benzene rings is 2. The van der Waals surface area contributed by atoms with Crippen LogP contribution in [0.5, 0.6) is 0 Å². The van der Waals surface area contributed by atoms with Gasteiger partial charge in [0.05, 0.1) is 40.8 Å². The molecule has 12 rings (SSSR count). The van der Waals surface area contributed by atoms with E-state index >= 15 is 9.18 Å². The number of anilines is 4. The molecule has 1 aliphatic carbocycles. The van der Waals surface area contributed by atoms with Crippen molar-refractivity contribution in [3.05, 3.63) is 90.3 Å². The Morgan fingerprint density at radius 1 is 0.787 bits per heavy atom. The summed E-state index contributed by atoms with van der Waals surface area (Å²) in [5, 5.41) is 5.70. The van der Waals surface area contributed by atoms with Crippen LogP contribution in [0.15, 0.2) is 73.3 Å². The first-order valence-electron chi connectivity index (χ1n) is 27.7. The molecule has 17 heteroatoms. The summed E-state index contributed by atoms with van der Waals surface area (Å²) in [6.07, 6.45) is 14.8. The Morgan fingerprint density at radius 3 is 2.16 bits per heavy atom. The average molecular weight is 1020 g/mol. The normalized spacial score (nSPS) is 23.7. The van der Waals surface area contributed by atoms with Crippen molar-refractivity contribution in [1.82, 2.24) is 39.5 Å². The molecule has 0 radical (unpaired) electrons. The highest BCUT2D eigenvalue weighted by atomic mass is 19.1. The van der Waals surface area contributed by atoms with Crippen LogP contribution in [0.25, 0.3) is 22.3 Å². The Morgan fingerprint density at radius 2 is 1.48 bits per heavy atom. The molecule has 1 saturated carbocycles. The fourth-order valence-electron chi connectivity index (χ4n) is 13.5. The standard InChI is InChI=1S/C58H68FN11O5/c1-36(2)69-35-61-49-33-48(63-53(52(49)69)62-47-14-21-60-34-46(47)59)40-8-12-45-50(30-40)70(43-31-42(32-43)65-22-4-3-5-23-65)57(75)58(45)19-28-68(29-20-58)56(74)39-17-26-67(27-18-39)55(73)38-15-24-66(25-16-38)41-9-6-37(7-10-41)44-11-13-51(71)64-54(44)72/h6-10,12,14,21,30,33-36,38-39,42-44H,3-5,11,13,15-20,22-29,31-32H2,1-2H3,(H,60,62,63)(H,64,71,72). The fourth-order valence-corrected chi connectivity index (χ4v) is 13.5. The minimum atomic E-state index is -0.746. The molecule has 1 atom stereocenters. The maximum Gasteiger partial charge on any atom is 0.238 e. The molecule has 5 aromatic rings. The van der Waals surface area contributed by atoms with Crippen molar-refractivity contribution in [3.63, 3.8) is 0 Å². The second-order valence-electron chi connectivity index (χ2n) is 22.6. The molecule has 16 nitrogen and oxygen atoms in total. The number of amides is 5. The van der Waals surface area contributed by atoms with Gasteiger partial charge in [0.25, 0.3) is 0 Å². The van der Waals surface area contributed by atoms with Gasteiger partial charge in [0.2, 0.25) is 29.5 Å². The maximum absolute atomic E-state index is 15.3. The number of rotatable bonds is 10. The summed E-state index contributed by atoms with van der Waals surface area (Å²) >= 11 is 0. The van der Waals surface area contributed by atoms with Crippen LogP contribution in [0.1, 0.15) is 120 Å². The summed E-state index contributed by atoms with van der Waals surface area (Å²) in [6, 6.07) is 18.5. The van der Waals surface area contributed by atoms with E-state index in [2.05, 4.69) is 62.4 Å². The van der Waals surface area contributed by atoms with E-state index in [9.17, 15) is 19.2 Å². The molecule has 2 N–H and O–H groups in total. The lowest BCUT2D eigenvalue weighted by atomic mass is 9.73. The van der Waals surface area contributed by atoms with Gasteiger partial charge in [-0.25, -0.2) is 14.4 Å². The molecule has 6 fully saturated rings. The Balaban J connectivity index is 0.712. The zero-order chi connectivity index (χ0) is 51.5. The SMILES string of the molecule is CC(C)n1cnc2cc(-c3ccc4c(c3)N(C3CC(N5CCCCC5)C3)C(=O)C43CCN(C(=O)C4CCN(C(=O)C5CCN(c6ccc(C7CCC(=O)NC7=O)cc6)CC5)CC4)CC3)nc(Nc3ccncc3F)c21. The molecule has 5 saturated heterocycles. The van der Waals surface area contributed by atoms with Crippen molar-refractivity contribution in [2.45, 2.75) is 127 Å². The van der Waals surface area contributed by atoms with E-state index in [0.29, 0.717) is 82.3 Å². The first-order chi connectivity index (χ1) is 36.4. The predicted octanol–water partition coefficient (Wildman–Crippen LogP) is 7.86. The van der Waals surface area contributed by atoms with Crippen LogP contribution < -0.4 is 20.4 Å². The van der Waals surface area contributed by atoms with Crippen molar-refractivity contribution in [3.8, 4) is 11.3 Å². The molecule has 3 aromatic heterocycles. The van der Waals surface area contributed by atoms with E-state index in [4.69, 9.17) is 9.97 Å². The van der Waals surface area contributed by atoms with E-state index in [1.165, 1.54) is 25.5 Å². The number of piperidine rings is 5. The number of nitrogens with one attached hydrogen (secondary N) is 2. The van der Waals surface area contributed by atoms with Gasteiger partial charge in [-0.2, -0.15) is 0 Å². The highest BCUT2D eigenvalue weighted by molar-refractivity contribution is 6.09. The number of imidazole rings is 1. The van der Waals surface area contributed by atoms with Gasteiger partial charge < -0.3 is 34.4 Å². The van der Waals surface area contributed by atoms with E-state index < -0.39 is 11.2 Å². The lowest BCUT2D eigenvalue weighted by Crippen LogP contribution is -2.58. The lowest BCUT2D eigenvalue weighted by molar-refractivity contribution is -0.144. The number of hydrogen-bond acceptors (Lipinski definition) is 11. The highest BCUT2D eigenvalue weighted by Crippen LogP contribution is 2.52. The highest BCUT2D eigenvalue weighted by Gasteiger charge is 2.56. The average Bonchev–Trinajstić information content (AvgIpc) is 3.96. The van der Waals surface area contributed by atoms with Crippen molar-refractivity contribution >= 4 is 63.4 Å². The summed E-state index contributed by atoms with van der Waals surface area (Å²) in [5.74, 6) is -0.535. The third-order valence-corrected chi connectivity index (χ3v) is 18.0. The van der Waals surface area contributed by atoms with Crippen LogP contribution in [-0.2, 0) is 29.4 Å². The van der Waals surface area contributed by atoms with Crippen molar-refractivity contribution in [2.75, 3.05) is 67.5 Å². The number of halogens is 1. The van der Waals surface area contributed by atoms with E-state index in [-0.39, 0.29) is 65.1 Å². The third-order valence-electron chi connectivity index (χ3n) is 18.0. The summed E-state index contributed by atoms with van der Waals surface area (Å²) in [4.78, 5) is 92.4. The molecular weight excluding hydrogens is 950 g/mol. The van der Waals surface area contributed by atoms with Gasteiger partial charge in [0, 0.05) is 98.8 Å². The molecule has 2 aromatic carbocycles. The number of fused-ring (bicyclic) bond motifs is 3. The number of aromatic nitrogens is 4. The minimum absolute atomic E-state index is 0.0555. The maximum atomic E-state index is 15.3. The van der Waals surface area contributed by atoms with E-state index in [1.807, 2.05) is 44.7 Å². The van der Waals surface area contributed by atoms with Crippen LogP contribution in [0.4, 0.5) is 27.3 Å². The van der Waals surface area contributed by atoms with Gasteiger partial charge >= 0.3 is 0 Å². The van der Waals surface area contributed by atoms with Crippen molar-refractivity contribution in [2.24, 2.45) is 11.8 Å². The number of likely N-dealkylation sites (tertiary alicyclic amines) is 3. The molecular formula is C58H68FN11O5. The van der Waals surface area contributed by atoms with Crippen LogP contribution in [0.3, 0.4) is 0 Å². The van der Waals surface area contributed by atoms with Gasteiger partial charge in [-0.05, 0) is 139 Å². The van der Waals surface area contributed by atoms with Crippen LogP contribution in [0, 0.1) is 17.7 Å². The zero-order valence-electron chi connectivity index (χ0n) is 43.2. The van der Waals surface area contributed by atoms with Gasteiger partial charge in [-0.3, -0.25) is 34.3 Å². The van der Waals surface area contributed by atoms with E-state index in [0.717, 1.165) is 91.0 Å². The monoisotopic (exact) mass is 1020 g/mol. The van der Waals surface area contributed by atoms with Crippen molar-refractivity contribution in [1.29, 1.82) is 0 Å². The second-order valence-corrected chi connectivity index (χ2v) is 22.6. The molecule has 75 heavy (non-hydrogen) atoms. The molecule has 9 heterocycles. The largest absolute Gasteiger partial charge is 0.371 e. The topological polar surface area (TPSA) is 169 Å². The Hall–Kier alpha value is -6.75. The second kappa shape index (κ2) is 20.1. The van der Waals surface area contributed by atoms with Crippen LogP contribution in [0.2, 0.25) is 0 Å². The molecule has 1 spiro atoms. The number of carbonyl (C=O) groups is 5. The van der Waals surface area contributed by atoms with Crippen LogP contribution >= 0.6 is 0 Å². The summed E-state index contributed by atoms with van der Waals surface area (Å²) in [5.41, 5.74) is 6.43. The van der Waals surface area contributed by atoms with E-state index in [1.54, 1.807) is 18.6 Å². The summed E-state index contributed by atoms with van der Waals surface area (Å²) in [6.45, 7) is 10.0. The smallest absolute Gasteiger partial charge is 0.238 e. The van der Waals surface area contributed by atoms with Gasteiger partial charge in [0.15, 0.2) is 11.6 Å². The van der Waals surface area contributed by atoms with Gasteiger partial charge in [-0.1, -0.05) is 30.7 Å². The van der Waals surface area contributed by atoms with Crippen molar-refractivity contribution < 1.29 is 28.4 Å². The Kier molecular flexibility index (Phi) is 13.2. The minimum Gasteiger partial charge on any atom is -0.371 e. The number of carbonyl (C=O) groups excluding carboxylic acids is 5. The summed E-state index contributed by atoms with van der Waals surface area (Å²) in [7, 11) is 0. The molecule has 0 bridgehead atoms. The first kappa shape index (κ1) is 49.1. The summed E-state index contributed by atoms with van der Waals surface area (Å²) < 4.78 is 17.1. The van der Waals surface area contributed by atoms with Gasteiger partial charge in [-0.15, -0.1) is 0 Å². The fraction of sp³-hybridized carbons (Fsp3) is 0.517. The third kappa shape index (κ3) is 9.11. The molecule has 6 aliphatic heterocycles. The molecule has 7 aliphatic rings. The molecule has 392 valence electrons. The zero-order valence-corrected chi connectivity index (χ0v) is 43.2. The molecule has 1 unspecified atom stereocenters. The quantitative estimate of drug-likeness (QED) is 0.131. The molecule has 5 amide bonds. The van der Waals surface area contributed by atoms with Crippen LogP contribution in [-0.4, -0.2) is 128 Å². The number of imide groups is 1. The Bertz CT molecular complexity index is 3010. The lowest BCUT2D eigenvalue weighted by Gasteiger charge is -2.48. The predicted molar refractivity (Wildman–Crippen MR) is 284 cm³/mol. The number of pyridine rings is 2. The Labute approximate surface area is 437 Å². The number of hydrogen-bond donors (Lipinski definition) is 2. The van der Waals surface area contributed by atoms with Gasteiger partial charge in [0.1, 0.15) is 5.52 Å².